The molecule has 0 spiro atoms. The predicted octanol–water partition coefficient (Wildman–Crippen LogP) is 0.599. The van der Waals surface area contributed by atoms with Gasteiger partial charge in [0, 0.05) is 17.1 Å². The summed E-state index contributed by atoms with van der Waals surface area (Å²) in [6.07, 6.45) is 1.72. The third-order valence-electron chi connectivity index (χ3n) is 2.49. The fourth-order valence-electron chi connectivity index (χ4n) is 1.64. The largest absolute Gasteiger partial charge is 0.497 e. The van der Waals surface area contributed by atoms with E-state index in [1.165, 1.54) is 0 Å². The van der Waals surface area contributed by atoms with E-state index in [9.17, 15) is 0 Å². The first kappa shape index (κ1) is 11.9. The average molecular weight is 245 g/mol. The molecule has 0 unspecified atom stereocenters. The van der Waals surface area contributed by atoms with Gasteiger partial charge in [0.15, 0.2) is 0 Å². The molecular formula is C11H11N5O2. The maximum atomic E-state index is 5.18. The van der Waals surface area contributed by atoms with Gasteiger partial charge >= 0.3 is 0 Å². The van der Waals surface area contributed by atoms with E-state index >= 15 is 0 Å². The van der Waals surface area contributed by atoms with Gasteiger partial charge in [0.05, 0.1) is 12.6 Å². The normalized spacial score (nSPS) is 10.1. The van der Waals surface area contributed by atoms with Crippen molar-refractivity contribution in [1.82, 2.24) is 25.6 Å². The molecule has 0 saturated heterocycles. The topological polar surface area (TPSA) is 108 Å². The van der Waals surface area contributed by atoms with Gasteiger partial charge in [-0.05, 0) is 29.5 Å². The van der Waals surface area contributed by atoms with Crippen LogP contribution in [0.2, 0.25) is 0 Å². The number of H-pyrrole nitrogens is 1. The highest BCUT2D eigenvalue weighted by Gasteiger charge is 2.05. The Kier molecular flexibility index (Phi) is 3.16. The summed E-state index contributed by atoms with van der Waals surface area (Å²) >= 11 is 0. The van der Waals surface area contributed by atoms with Gasteiger partial charge < -0.3 is 10.2 Å². The molecule has 0 aliphatic heterocycles. The van der Waals surface area contributed by atoms with E-state index in [4.69, 9.17) is 4.74 Å². The van der Waals surface area contributed by atoms with Crippen molar-refractivity contribution in [3.05, 3.63) is 30.5 Å². The third kappa shape index (κ3) is 1.98. The molecule has 3 aromatic rings. The van der Waals surface area contributed by atoms with Crippen molar-refractivity contribution in [2.24, 2.45) is 0 Å². The van der Waals surface area contributed by atoms with Gasteiger partial charge in [-0.3, -0.25) is 4.98 Å². The second-order valence-corrected chi connectivity index (χ2v) is 3.52. The third-order valence-corrected chi connectivity index (χ3v) is 2.49. The van der Waals surface area contributed by atoms with E-state index in [1.54, 1.807) is 13.3 Å². The Hall–Kier alpha value is -2.54. The van der Waals surface area contributed by atoms with E-state index < -0.39 is 0 Å². The molecule has 0 radical (unpaired) electrons. The number of ether oxygens (including phenoxy) is 1. The monoisotopic (exact) mass is 245 g/mol. The first-order valence-corrected chi connectivity index (χ1v) is 5.04. The number of rotatable bonds is 2. The number of tetrazole rings is 1. The number of methoxy groups -OCH3 is 1. The number of aromatic nitrogens is 5. The minimum Gasteiger partial charge on any atom is -0.497 e. The molecule has 18 heavy (non-hydrogen) atoms. The van der Waals surface area contributed by atoms with Gasteiger partial charge in [-0.2, -0.15) is 5.21 Å². The van der Waals surface area contributed by atoms with Crippen LogP contribution in [0, 0.1) is 0 Å². The predicted molar refractivity (Wildman–Crippen MR) is 65.1 cm³/mol. The Morgan fingerprint density at radius 2 is 2.11 bits per heavy atom. The fourth-order valence-corrected chi connectivity index (χ4v) is 1.64. The van der Waals surface area contributed by atoms with Crippen LogP contribution < -0.4 is 4.74 Å². The molecule has 1 aromatic carbocycles. The molecular weight excluding hydrogens is 234 g/mol. The first-order chi connectivity index (χ1) is 8.36. The van der Waals surface area contributed by atoms with Crippen LogP contribution in [0.25, 0.3) is 22.3 Å². The van der Waals surface area contributed by atoms with Crippen LogP contribution in [0.1, 0.15) is 0 Å². The zero-order valence-corrected chi connectivity index (χ0v) is 9.58. The number of nitrogens with one attached hydrogen (secondary N) is 1. The summed E-state index contributed by atoms with van der Waals surface area (Å²) in [4.78, 5) is 4.34. The number of hydrogen-bond acceptors (Lipinski definition) is 5. The second-order valence-electron chi connectivity index (χ2n) is 3.52. The van der Waals surface area contributed by atoms with Crippen molar-refractivity contribution < 1.29 is 10.2 Å². The minimum absolute atomic E-state index is 0. The number of hydrogen-bond donors (Lipinski definition) is 1. The highest BCUT2D eigenvalue weighted by Crippen LogP contribution is 2.22. The molecule has 0 bridgehead atoms. The van der Waals surface area contributed by atoms with Crippen molar-refractivity contribution in [2.75, 3.05) is 7.11 Å². The van der Waals surface area contributed by atoms with Gasteiger partial charge in [-0.25, -0.2) is 0 Å². The van der Waals surface area contributed by atoms with Gasteiger partial charge in [-0.1, -0.05) is 0 Å². The molecule has 0 aliphatic rings. The van der Waals surface area contributed by atoms with E-state index in [1.807, 2.05) is 24.3 Å². The van der Waals surface area contributed by atoms with Crippen LogP contribution in [-0.2, 0) is 0 Å². The summed E-state index contributed by atoms with van der Waals surface area (Å²) in [5, 5.41) is 14.8. The van der Waals surface area contributed by atoms with Crippen molar-refractivity contribution >= 4 is 10.9 Å². The Labute approximate surface area is 102 Å². The van der Waals surface area contributed by atoms with Crippen molar-refractivity contribution in [1.29, 1.82) is 0 Å². The smallest absolute Gasteiger partial charge is 0.206 e. The molecule has 3 N–H and O–H groups in total. The lowest BCUT2D eigenvalue weighted by Gasteiger charge is -2.02. The molecule has 92 valence electrons. The van der Waals surface area contributed by atoms with Gasteiger partial charge in [0.2, 0.25) is 5.82 Å². The Morgan fingerprint density at radius 3 is 2.83 bits per heavy atom. The summed E-state index contributed by atoms with van der Waals surface area (Å²) in [5.74, 6) is 1.33. The maximum absolute atomic E-state index is 5.18. The lowest BCUT2D eigenvalue weighted by molar-refractivity contribution is 0.415. The SMILES string of the molecule is COc1ccc2ncc(-c3nn[nH]n3)cc2c1.O. The van der Waals surface area contributed by atoms with E-state index in [0.717, 1.165) is 22.2 Å². The fraction of sp³-hybridized carbons (Fsp3) is 0.0909. The second kappa shape index (κ2) is 4.76. The Bertz CT molecular complexity index is 654. The Balaban J connectivity index is 0.00000120. The number of aromatic amines is 1. The zero-order chi connectivity index (χ0) is 11.7. The molecule has 3 rings (SSSR count). The van der Waals surface area contributed by atoms with Crippen LogP contribution in [0.3, 0.4) is 0 Å². The molecule has 2 aromatic heterocycles. The van der Waals surface area contributed by atoms with Gasteiger partial charge in [0.25, 0.3) is 0 Å². The van der Waals surface area contributed by atoms with E-state index in [-0.39, 0.29) is 5.48 Å². The van der Waals surface area contributed by atoms with Crippen LogP contribution in [0.15, 0.2) is 30.5 Å². The number of nitrogens with zero attached hydrogens (tertiary/aromatic N) is 4. The van der Waals surface area contributed by atoms with E-state index in [0.29, 0.717) is 5.82 Å². The summed E-state index contributed by atoms with van der Waals surface area (Å²) in [7, 11) is 1.64. The van der Waals surface area contributed by atoms with Crippen molar-refractivity contribution in [3.63, 3.8) is 0 Å². The minimum atomic E-state index is 0. The van der Waals surface area contributed by atoms with Crippen molar-refractivity contribution in [2.45, 2.75) is 0 Å². The molecule has 0 fully saturated rings. The number of pyridine rings is 1. The van der Waals surface area contributed by atoms with Crippen molar-refractivity contribution in [3.8, 4) is 17.1 Å². The highest BCUT2D eigenvalue weighted by atomic mass is 16.5. The quantitative estimate of drug-likeness (QED) is 0.711. The van der Waals surface area contributed by atoms with E-state index in [2.05, 4.69) is 25.6 Å². The molecule has 0 aliphatic carbocycles. The molecule has 0 amide bonds. The highest BCUT2D eigenvalue weighted by molar-refractivity contribution is 5.83. The van der Waals surface area contributed by atoms with Crippen LogP contribution in [0.5, 0.6) is 5.75 Å². The zero-order valence-electron chi connectivity index (χ0n) is 9.58. The van der Waals surface area contributed by atoms with Crippen LogP contribution in [-0.4, -0.2) is 38.2 Å². The van der Waals surface area contributed by atoms with Gasteiger partial charge in [0.1, 0.15) is 5.75 Å². The van der Waals surface area contributed by atoms with Crippen LogP contribution in [0.4, 0.5) is 0 Å². The van der Waals surface area contributed by atoms with Crippen LogP contribution >= 0.6 is 0 Å². The first-order valence-electron chi connectivity index (χ1n) is 5.04. The summed E-state index contributed by atoms with van der Waals surface area (Å²) in [6, 6.07) is 7.67. The van der Waals surface area contributed by atoms with Gasteiger partial charge in [-0.15, -0.1) is 10.2 Å². The molecule has 7 heteroatoms. The Morgan fingerprint density at radius 1 is 1.22 bits per heavy atom. The summed E-state index contributed by atoms with van der Waals surface area (Å²) < 4.78 is 5.18. The molecule has 0 saturated carbocycles. The lowest BCUT2D eigenvalue weighted by atomic mass is 10.1. The summed E-state index contributed by atoms with van der Waals surface area (Å²) in [6.45, 7) is 0. The maximum Gasteiger partial charge on any atom is 0.206 e. The molecule has 2 heterocycles. The molecule has 0 atom stereocenters. The average Bonchev–Trinajstić information content (AvgIpc) is 2.91. The summed E-state index contributed by atoms with van der Waals surface area (Å²) in [5.41, 5.74) is 1.72. The lowest BCUT2D eigenvalue weighted by Crippen LogP contribution is -1.87. The number of benzene rings is 1. The number of fused-ring (bicyclic) bond motifs is 1. The molecule has 7 nitrogen and oxygen atoms in total. The standard InChI is InChI=1S/C11H9N5O.H2O/c1-17-9-2-3-10-7(5-9)4-8(6-12-10)11-13-15-16-14-11;/h2-6H,1H3,(H,13,14,15,16);1H2.